The van der Waals surface area contributed by atoms with Crippen molar-refractivity contribution in [3.63, 3.8) is 0 Å². The normalized spacial score (nSPS) is 10.4. The summed E-state index contributed by atoms with van der Waals surface area (Å²) >= 11 is 14.3. The third kappa shape index (κ3) is 21.0. The van der Waals surface area contributed by atoms with E-state index in [0.29, 0.717) is 49.9 Å². The van der Waals surface area contributed by atoms with E-state index >= 15 is 0 Å². The summed E-state index contributed by atoms with van der Waals surface area (Å²) in [5, 5.41) is 23.8. The predicted octanol–water partition coefficient (Wildman–Crippen LogP) is 13.9. The van der Waals surface area contributed by atoms with E-state index in [1.807, 2.05) is 114 Å². The number of carbonyl (C=O) groups excluding carboxylic acids is 4. The maximum Gasteiger partial charge on any atom is 1.00 e. The predicted molar refractivity (Wildman–Crippen MR) is 309 cm³/mol. The van der Waals surface area contributed by atoms with E-state index in [0.717, 1.165) is 57.3 Å². The molecule has 8 rings (SSSR count). The first-order valence-corrected chi connectivity index (χ1v) is 25.2. The molecule has 0 saturated carbocycles. The first-order chi connectivity index (χ1) is 35.7. The van der Waals surface area contributed by atoms with Gasteiger partial charge in [0.2, 0.25) is 0 Å². The number of aryl methyl sites for hydroxylation is 3. The molecule has 0 aliphatic rings. The summed E-state index contributed by atoms with van der Waals surface area (Å²) in [6, 6.07) is 46.1. The number of ether oxygens (including phenoxy) is 2. The van der Waals surface area contributed by atoms with Gasteiger partial charge in [-0.05, 0) is 79.6 Å². The number of carboxylic acid groups (broad SMARTS) is 1. The van der Waals surface area contributed by atoms with Crippen LogP contribution < -0.4 is 29.5 Å². The zero-order valence-corrected chi connectivity index (χ0v) is 47.9. The van der Waals surface area contributed by atoms with Crippen LogP contribution in [-0.2, 0) is 55.3 Å². The SMILES string of the molecule is C.C.CCCc1ccc(-c2ccc(-c3noc(C)c3NC(=O)O[C@H](C)c3ccccc3Cl)cc2)cc1.Cc1onc(-c2ccc(-c3ccc(CC(=O)O)cc3)cc2)c1NC(=O)O[C@H](C)c1ccccc1Cl.O=C=O.[CH2-]I.[Li+].[OH-].[V]. The van der Waals surface area contributed by atoms with E-state index in [2.05, 4.69) is 57.1 Å². The Morgan fingerprint density at radius 2 is 0.911 bits per heavy atom. The molecular formula is C59H61Cl2ILiN4O11V-. The second-order valence-electron chi connectivity index (χ2n) is 16.3. The van der Waals surface area contributed by atoms with E-state index in [1.54, 1.807) is 58.0 Å². The van der Waals surface area contributed by atoms with Crippen LogP contribution in [0, 0.1) is 18.8 Å². The van der Waals surface area contributed by atoms with E-state index in [1.165, 1.54) is 5.56 Å². The number of aromatic nitrogens is 2. The van der Waals surface area contributed by atoms with Gasteiger partial charge < -0.3 is 51.7 Å². The molecule has 411 valence electrons. The zero-order chi connectivity index (χ0) is 53.7. The van der Waals surface area contributed by atoms with Gasteiger partial charge in [-0.3, -0.25) is 20.4 Å². The van der Waals surface area contributed by atoms with Crippen LogP contribution in [0.4, 0.5) is 21.0 Å². The number of aliphatic carboxylic acids is 1. The van der Waals surface area contributed by atoms with Crippen LogP contribution in [0.1, 0.15) is 88.0 Å². The quantitative estimate of drug-likeness (QED) is 0.0523. The molecule has 2 atom stereocenters. The average molecular weight is 1260 g/mol. The van der Waals surface area contributed by atoms with Gasteiger partial charge in [-0.15, -0.1) is 0 Å². The number of hydrogen-bond donors (Lipinski definition) is 3. The first-order valence-electron chi connectivity index (χ1n) is 22.9. The fraction of sp³-hybridized carbons (Fsp3) is 0.203. The van der Waals surface area contributed by atoms with Gasteiger partial charge in [-0.1, -0.05) is 195 Å². The van der Waals surface area contributed by atoms with E-state index in [4.69, 9.17) is 56.4 Å². The van der Waals surface area contributed by atoms with Crippen molar-refractivity contribution in [2.24, 2.45) is 0 Å². The standard InChI is InChI=1S/C28H27ClN2O3.C27H23ClN2O5.CH2I.CO2.2CH4.Li.H2O.V/c1-4-7-20-10-12-21(13-11-20)22-14-16-23(17-15-22)27-26(19(3)34-31-27)30-28(32)33-18(2)24-8-5-6-9-25(24)29;1-16(22-5-3-4-6-23(22)28)34-27(33)29-25-17(2)35-30-26(25)21-13-11-20(12-14-21)19-9-7-18(8-10-19)15-24(31)32;1-2;2-1-3;;;;;/h5-6,8-18H,4,7H2,1-3H3,(H,30,32);3-14,16H,15H2,1-2H3,(H,29,33)(H,31,32);1H2;;2*1H4;;1H2;/q;;-1;;;;+1;;/p-1/t18-;16-;;;;;;;/m11......./s1. The monoisotopic (exact) mass is 1260 g/mol. The number of rotatable bonds is 14. The van der Waals surface area contributed by atoms with Gasteiger partial charge in [0.05, 0.1) is 6.42 Å². The second-order valence-corrected chi connectivity index (χ2v) is 17.1. The Kier molecular flexibility index (Phi) is 33.7. The number of benzene rings is 6. The summed E-state index contributed by atoms with van der Waals surface area (Å²) in [5.41, 5.74) is 11.2. The molecule has 2 heterocycles. The van der Waals surface area contributed by atoms with Crippen molar-refractivity contribution in [3.8, 4) is 44.8 Å². The van der Waals surface area contributed by atoms with Crippen LogP contribution in [0.5, 0.6) is 0 Å². The molecule has 8 aromatic rings. The van der Waals surface area contributed by atoms with Crippen molar-refractivity contribution in [2.75, 3.05) is 10.6 Å². The van der Waals surface area contributed by atoms with Gasteiger partial charge in [0.1, 0.15) is 35.0 Å². The molecule has 0 aliphatic heterocycles. The molecule has 15 nitrogen and oxygen atoms in total. The fourth-order valence-corrected chi connectivity index (χ4v) is 8.12. The zero-order valence-electron chi connectivity index (χ0n) is 42.9. The minimum atomic E-state index is -0.864. The molecule has 0 spiro atoms. The first kappa shape index (κ1) is 72.6. The number of halogens is 3. The molecule has 0 saturated heterocycles. The number of nitrogens with one attached hydrogen (secondary N) is 2. The number of carboxylic acids is 1. The van der Waals surface area contributed by atoms with Crippen LogP contribution in [0.25, 0.3) is 44.8 Å². The molecule has 20 heteroatoms. The Bertz CT molecular complexity index is 3160. The van der Waals surface area contributed by atoms with Crippen LogP contribution in [-0.4, -0.2) is 45.2 Å². The van der Waals surface area contributed by atoms with E-state index < -0.39 is 30.4 Å². The fourth-order valence-electron chi connectivity index (χ4n) is 7.54. The molecule has 0 unspecified atom stereocenters. The van der Waals surface area contributed by atoms with Crippen LogP contribution in [0.2, 0.25) is 10.0 Å². The van der Waals surface area contributed by atoms with Crippen LogP contribution in [0.3, 0.4) is 0 Å². The maximum absolute atomic E-state index is 12.6. The van der Waals surface area contributed by atoms with Gasteiger partial charge in [0.25, 0.3) is 0 Å². The van der Waals surface area contributed by atoms with Crippen LogP contribution in [0.15, 0.2) is 155 Å². The topological polar surface area (TPSA) is 230 Å². The largest absolute Gasteiger partial charge is 1.00 e. The van der Waals surface area contributed by atoms with Crippen molar-refractivity contribution in [2.45, 2.75) is 80.9 Å². The van der Waals surface area contributed by atoms with Crippen molar-refractivity contribution in [1.29, 1.82) is 0 Å². The van der Waals surface area contributed by atoms with E-state index in [-0.39, 0.29) is 70.3 Å². The molecule has 6 aromatic carbocycles. The minimum Gasteiger partial charge on any atom is -0.870 e. The summed E-state index contributed by atoms with van der Waals surface area (Å²) in [5.74, 6) is 0.0741. The summed E-state index contributed by atoms with van der Waals surface area (Å²) in [6.07, 6.45) is 0.134. The Balaban J connectivity index is 0.00000135. The van der Waals surface area contributed by atoms with Gasteiger partial charge in [-0.25, -0.2) is 9.59 Å². The summed E-state index contributed by atoms with van der Waals surface area (Å²) < 4.78 is 21.7. The summed E-state index contributed by atoms with van der Waals surface area (Å²) in [4.78, 5) is 55.5. The summed E-state index contributed by atoms with van der Waals surface area (Å²) in [6.45, 7) is 9.15. The van der Waals surface area contributed by atoms with Gasteiger partial charge in [0, 0.05) is 50.9 Å². The molecular weight excluding hydrogens is 1200 g/mol. The molecule has 2 amide bonds. The molecule has 4 N–H and O–H groups in total. The second kappa shape index (κ2) is 36.7. The molecule has 2 aromatic heterocycles. The Morgan fingerprint density at radius 3 is 1.23 bits per heavy atom. The smallest absolute Gasteiger partial charge is 0.870 e. The Hall–Kier alpha value is -6.42. The molecule has 0 bridgehead atoms. The van der Waals surface area contributed by atoms with Gasteiger partial charge in [-0.2, -0.15) is 9.59 Å². The van der Waals surface area contributed by atoms with Crippen molar-refractivity contribution in [3.05, 3.63) is 194 Å². The summed E-state index contributed by atoms with van der Waals surface area (Å²) in [7, 11) is 0. The number of nitrogens with zero attached hydrogens (tertiary/aromatic N) is 2. The Labute approximate surface area is 509 Å². The number of hydrogen-bond acceptors (Lipinski definition) is 12. The van der Waals surface area contributed by atoms with Crippen molar-refractivity contribution < 1.29 is 90.5 Å². The van der Waals surface area contributed by atoms with Crippen LogP contribution >= 0.6 is 45.8 Å². The Morgan fingerprint density at radius 1 is 0.608 bits per heavy atom. The number of amides is 2. The molecule has 1 radical (unpaired) electrons. The van der Waals surface area contributed by atoms with Gasteiger partial charge >= 0.3 is 43.2 Å². The third-order valence-electron chi connectivity index (χ3n) is 11.2. The number of carbonyl (C=O) groups is 3. The minimum absolute atomic E-state index is 0. The molecule has 79 heavy (non-hydrogen) atoms. The average Bonchev–Trinajstić information content (AvgIpc) is 3.95. The number of anilines is 2. The van der Waals surface area contributed by atoms with Crippen molar-refractivity contribution in [1.82, 2.24) is 10.3 Å². The molecule has 0 aliphatic carbocycles. The van der Waals surface area contributed by atoms with E-state index in [9.17, 15) is 14.4 Å². The molecule has 0 fully saturated rings. The third-order valence-corrected chi connectivity index (χ3v) is 11.9. The van der Waals surface area contributed by atoms with Crippen molar-refractivity contribution >= 4 is 81.5 Å². The maximum atomic E-state index is 12.6. The van der Waals surface area contributed by atoms with Gasteiger partial charge in [0.15, 0.2) is 11.5 Å².